The molecule has 144 valence electrons. The Morgan fingerprint density at radius 2 is 2.22 bits per heavy atom. The molecule has 2 N–H and O–H groups in total. The molecule has 27 heavy (non-hydrogen) atoms. The summed E-state index contributed by atoms with van der Waals surface area (Å²) in [6.07, 6.45) is 11.5. The molecule has 0 saturated heterocycles. The van der Waals surface area contributed by atoms with Crippen molar-refractivity contribution in [3.05, 3.63) is 77.2 Å². The van der Waals surface area contributed by atoms with Crippen LogP contribution in [0.2, 0.25) is 0 Å². The highest BCUT2D eigenvalue weighted by Gasteiger charge is 2.12. The van der Waals surface area contributed by atoms with Crippen LogP contribution in [-0.2, 0) is 11.2 Å². The van der Waals surface area contributed by atoms with Crippen molar-refractivity contribution in [2.75, 3.05) is 7.05 Å². The number of aliphatic carboxylic acids is 1. The largest absolute Gasteiger partial charge is 0.478 e. The standard InChI is InChI=1S/C20H22F2N2O3/c1-14-15(8-5-11-18(14)27-20(21)22)9-6-12-24(23-2)17-10-4-3-7-16(13-17)19(25)26/h3-8,11-13,20,23H,9-10H2,1-2H3,(H,25,26)/b12-6-. The first-order valence-corrected chi connectivity index (χ1v) is 8.39. The zero-order chi connectivity index (χ0) is 19.8. The molecule has 0 atom stereocenters. The van der Waals surface area contributed by atoms with Crippen molar-refractivity contribution < 1.29 is 23.4 Å². The molecule has 0 bridgehead atoms. The molecule has 0 fully saturated rings. The molecule has 7 heteroatoms. The molecule has 1 aromatic rings. The van der Waals surface area contributed by atoms with Crippen LogP contribution in [0.4, 0.5) is 8.78 Å². The summed E-state index contributed by atoms with van der Waals surface area (Å²) in [5.74, 6) is -0.834. The van der Waals surface area contributed by atoms with Gasteiger partial charge in [0.1, 0.15) is 5.75 Å². The maximum atomic E-state index is 12.5. The Balaban J connectivity index is 2.13. The van der Waals surface area contributed by atoms with E-state index in [0.29, 0.717) is 18.4 Å². The maximum Gasteiger partial charge on any atom is 0.387 e. The minimum absolute atomic E-state index is 0.161. The molecule has 0 saturated carbocycles. The molecule has 0 aliphatic heterocycles. The van der Waals surface area contributed by atoms with Gasteiger partial charge in [0.05, 0.1) is 5.57 Å². The minimum Gasteiger partial charge on any atom is -0.478 e. The lowest BCUT2D eigenvalue weighted by atomic mass is 10.0. The number of allylic oxidation sites excluding steroid dienone is 4. The number of carboxylic acid groups (broad SMARTS) is 1. The van der Waals surface area contributed by atoms with Gasteiger partial charge in [0.2, 0.25) is 0 Å². The van der Waals surface area contributed by atoms with Gasteiger partial charge in [-0.3, -0.25) is 5.01 Å². The number of alkyl halides is 2. The molecule has 1 aliphatic rings. The number of hydrogen-bond acceptors (Lipinski definition) is 4. The Labute approximate surface area is 156 Å². The summed E-state index contributed by atoms with van der Waals surface area (Å²) in [5, 5.41) is 10.9. The van der Waals surface area contributed by atoms with E-state index in [0.717, 1.165) is 11.3 Å². The predicted octanol–water partition coefficient (Wildman–Crippen LogP) is 3.94. The van der Waals surface area contributed by atoms with E-state index in [4.69, 9.17) is 0 Å². The molecule has 5 nitrogen and oxygen atoms in total. The number of hydrazine groups is 1. The van der Waals surface area contributed by atoms with E-state index in [1.807, 2.05) is 18.2 Å². The number of ether oxygens (including phenoxy) is 1. The van der Waals surface area contributed by atoms with E-state index in [9.17, 15) is 18.7 Å². The third-order valence-electron chi connectivity index (χ3n) is 4.06. The molecular formula is C20H22F2N2O3. The van der Waals surface area contributed by atoms with Crippen molar-refractivity contribution in [1.82, 2.24) is 10.4 Å². The summed E-state index contributed by atoms with van der Waals surface area (Å²) in [5.41, 5.74) is 5.48. The molecule has 2 rings (SSSR count). The van der Waals surface area contributed by atoms with Gasteiger partial charge >= 0.3 is 12.6 Å². The topological polar surface area (TPSA) is 61.8 Å². The zero-order valence-electron chi connectivity index (χ0n) is 15.2. The zero-order valence-corrected chi connectivity index (χ0v) is 15.2. The van der Waals surface area contributed by atoms with Crippen molar-refractivity contribution in [3.63, 3.8) is 0 Å². The maximum absolute atomic E-state index is 12.5. The Morgan fingerprint density at radius 1 is 1.44 bits per heavy atom. The lowest BCUT2D eigenvalue weighted by Crippen LogP contribution is -2.29. The number of rotatable bonds is 8. The average molecular weight is 376 g/mol. The van der Waals surface area contributed by atoms with E-state index < -0.39 is 12.6 Å². The summed E-state index contributed by atoms with van der Waals surface area (Å²) in [7, 11) is 1.73. The average Bonchev–Trinajstić information content (AvgIpc) is 2.87. The summed E-state index contributed by atoms with van der Waals surface area (Å²) in [6.45, 7) is -1.12. The van der Waals surface area contributed by atoms with E-state index in [-0.39, 0.29) is 11.3 Å². The number of benzene rings is 1. The third kappa shape index (κ3) is 5.79. The number of halogens is 2. The molecule has 0 amide bonds. The van der Waals surface area contributed by atoms with Crippen molar-refractivity contribution in [2.45, 2.75) is 26.4 Å². The number of hydrogen-bond donors (Lipinski definition) is 2. The fraction of sp³-hybridized carbons (Fsp3) is 0.250. The van der Waals surface area contributed by atoms with Crippen molar-refractivity contribution in [1.29, 1.82) is 0 Å². The van der Waals surface area contributed by atoms with Gasteiger partial charge in [0.15, 0.2) is 0 Å². The number of nitrogens with one attached hydrogen (secondary N) is 1. The van der Waals surface area contributed by atoms with Crippen LogP contribution < -0.4 is 10.2 Å². The Bertz CT molecular complexity index is 798. The smallest absolute Gasteiger partial charge is 0.387 e. The van der Waals surface area contributed by atoms with Crippen LogP contribution >= 0.6 is 0 Å². The number of carboxylic acids is 1. The Morgan fingerprint density at radius 3 is 2.89 bits per heavy atom. The van der Waals surface area contributed by atoms with Crippen LogP contribution in [0.1, 0.15) is 17.5 Å². The van der Waals surface area contributed by atoms with Crippen molar-refractivity contribution in [3.8, 4) is 5.75 Å². The summed E-state index contributed by atoms with van der Waals surface area (Å²) >= 11 is 0. The lowest BCUT2D eigenvalue weighted by molar-refractivity contribution is -0.132. The SMILES string of the molecule is CNN(/C=C\Cc1cccc(OC(F)F)c1C)C1=CC(C(=O)O)=CC=CC1. The van der Waals surface area contributed by atoms with Crippen LogP contribution in [0.25, 0.3) is 0 Å². The fourth-order valence-corrected chi connectivity index (χ4v) is 2.65. The highest BCUT2D eigenvalue weighted by atomic mass is 19.3. The number of carbonyl (C=O) groups is 1. The normalized spacial score (nSPS) is 14.1. The van der Waals surface area contributed by atoms with Gasteiger partial charge in [-0.1, -0.05) is 30.4 Å². The summed E-state index contributed by atoms with van der Waals surface area (Å²) in [6, 6.07) is 5.03. The minimum atomic E-state index is -2.86. The second-order valence-corrected chi connectivity index (χ2v) is 5.80. The van der Waals surface area contributed by atoms with Crippen LogP contribution in [0.15, 0.2) is 66.0 Å². The lowest BCUT2D eigenvalue weighted by Gasteiger charge is -2.21. The van der Waals surface area contributed by atoms with Crippen LogP contribution in [-0.4, -0.2) is 29.7 Å². The van der Waals surface area contributed by atoms with Gasteiger partial charge in [-0.05, 0) is 42.7 Å². The summed E-state index contributed by atoms with van der Waals surface area (Å²) in [4.78, 5) is 11.2. The molecule has 0 aromatic heterocycles. The van der Waals surface area contributed by atoms with Gasteiger partial charge in [0, 0.05) is 25.4 Å². The highest BCUT2D eigenvalue weighted by Crippen LogP contribution is 2.24. The second kappa shape index (κ2) is 9.68. The van der Waals surface area contributed by atoms with Gasteiger partial charge in [-0.15, -0.1) is 0 Å². The van der Waals surface area contributed by atoms with E-state index in [2.05, 4.69) is 10.2 Å². The molecule has 1 aliphatic carbocycles. The van der Waals surface area contributed by atoms with Crippen LogP contribution in [0, 0.1) is 6.92 Å². The highest BCUT2D eigenvalue weighted by molar-refractivity contribution is 5.90. The van der Waals surface area contributed by atoms with Gasteiger partial charge in [0.25, 0.3) is 0 Å². The first-order chi connectivity index (χ1) is 12.9. The van der Waals surface area contributed by atoms with Crippen molar-refractivity contribution in [2.24, 2.45) is 0 Å². The first-order valence-electron chi connectivity index (χ1n) is 8.39. The Hall–Kier alpha value is -2.93. The van der Waals surface area contributed by atoms with E-state index in [1.165, 1.54) is 6.07 Å². The van der Waals surface area contributed by atoms with Gasteiger partial charge < -0.3 is 9.84 Å². The first kappa shape index (κ1) is 20.4. The molecule has 0 radical (unpaired) electrons. The van der Waals surface area contributed by atoms with Crippen molar-refractivity contribution >= 4 is 5.97 Å². The number of nitrogens with zero attached hydrogens (tertiary/aromatic N) is 1. The molecule has 1 aromatic carbocycles. The molecule has 0 unspecified atom stereocenters. The second-order valence-electron chi connectivity index (χ2n) is 5.80. The predicted molar refractivity (Wildman–Crippen MR) is 99.1 cm³/mol. The van der Waals surface area contributed by atoms with Crippen LogP contribution in [0.3, 0.4) is 0 Å². The van der Waals surface area contributed by atoms with Crippen LogP contribution in [0.5, 0.6) is 5.75 Å². The monoisotopic (exact) mass is 376 g/mol. The van der Waals surface area contributed by atoms with E-state index in [1.54, 1.807) is 49.5 Å². The van der Waals surface area contributed by atoms with Gasteiger partial charge in [-0.25, -0.2) is 10.2 Å². The fourth-order valence-electron chi connectivity index (χ4n) is 2.65. The quantitative estimate of drug-likeness (QED) is 0.673. The molecule has 0 heterocycles. The summed E-state index contributed by atoms with van der Waals surface area (Å²) < 4.78 is 29.4. The van der Waals surface area contributed by atoms with Gasteiger partial charge in [-0.2, -0.15) is 8.78 Å². The molecular weight excluding hydrogens is 354 g/mol. The molecule has 0 spiro atoms. The van der Waals surface area contributed by atoms with E-state index >= 15 is 0 Å². The Kier molecular flexibility index (Phi) is 7.31. The third-order valence-corrected chi connectivity index (χ3v) is 4.06.